The lowest BCUT2D eigenvalue weighted by molar-refractivity contribution is -0.162. The third-order valence-electron chi connectivity index (χ3n) is 3.40. The van der Waals surface area contributed by atoms with Crippen LogP contribution in [0.25, 0.3) is 0 Å². The summed E-state index contributed by atoms with van der Waals surface area (Å²) in [6, 6.07) is 0. The minimum Gasteiger partial charge on any atom is -0.378 e. The molecule has 3 nitrogen and oxygen atoms in total. The van der Waals surface area contributed by atoms with E-state index in [0.29, 0.717) is 12.5 Å². The molecule has 0 N–H and O–H groups in total. The van der Waals surface area contributed by atoms with Crippen molar-refractivity contribution in [1.82, 2.24) is 0 Å². The van der Waals surface area contributed by atoms with E-state index in [-0.39, 0.29) is 29.3 Å². The first-order chi connectivity index (χ1) is 9.03. The predicted molar refractivity (Wildman–Crippen MR) is 82.9 cm³/mol. The van der Waals surface area contributed by atoms with E-state index in [1.807, 2.05) is 0 Å². The summed E-state index contributed by atoms with van der Waals surface area (Å²) in [5.74, 6) is 0.591. The largest absolute Gasteiger partial charge is 0.378 e. The van der Waals surface area contributed by atoms with Crippen LogP contribution in [0.5, 0.6) is 0 Å². The van der Waals surface area contributed by atoms with Crippen LogP contribution in [0.1, 0.15) is 48.5 Å². The van der Waals surface area contributed by atoms with Gasteiger partial charge < -0.3 is 14.2 Å². The number of ether oxygens (including phenoxy) is 3. The van der Waals surface area contributed by atoms with Gasteiger partial charge in [0.15, 0.2) is 0 Å². The molecule has 0 amide bonds. The first-order valence-electron chi connectivity index (χ1n) is 7.56. The Balaban J connectivity index is 2.85. The van der Waals surface area contributed by atoms with E-state index in [2.05, 4.69) is 60.6 Å². The van der Waals surface area contributed by atoms with Gasteiger partial charge in [-0.05, 0) is 41.5 Å². The maximum atomic E-state index is 6.27. The highest BCUT2D eigenvalue weighted by molar-refractivity contribution is 5.06. The zero-order valence-electron chi connectivity index (χ0n) is 14.4. The average molecular weight is 284 g/mol. The number of rotatable bonds is 4. The number of hydrogen-bond acceptors (Lipinski definition) is 3. The summed E-state index contributed by atoms with van der Waals surface area (Å²) < 4.78 is 17.9. The molecule has 118 valence electrons. The van der Waals surface area contributed by atoms with E-state index in [9.17, 15) is 0 Å². The van der Waals surface area contributed by atoms with Gasteiger partial charge in [-0.25, -0.2) is 0 Å². The van der Waals surface area contributed by atoms with Crippen LogP contribution in [-0.4, -0.2) is 37.1 Å². The van der Waals surface area contributed by atoms with Crippen LogP contribution in [0.3, 0.4) is 0 Å². The first kappa shape index (κ1) is 17.7. The van der Waals surface area contributed by atoms with Crippen LogP contribution in [0.2, 0.25) is 0 Å². The second-order valence-electron chi connectivity index (χ2n) is 7.73. The quantitative estimate of drug-likeness (QED) is 0.734. The molecule has 0 unspecified atom stereocenters. The fraction of sp³-hybridized carbons (Fsp3) is 0.882. The summed E-state index contributed by atoms with van der Waals surface area (Å²) in [7, 11) is 1.76. The second-order valence-corrected chi connectivity index (χ2v) is 7.73. The maximum Gasteiger partial charge on any atom is 0.0933 e. The lowest BCUT2D eigenvalue weighted by Crippen LogP contribution is -2.48. The number of methoxy groups -OCH3 is 1. The van der Waals surface area contributed by atoms with Gasteiger partial charge in [-0.15, -0.1) is 0 Å². The zero-order chi connectivity index (χ0) is 15.6. The van der Waals surface area contributed by atoms with Gasteiger partial charge in [0.25, 0.3) is 0 Å². The molecule has 0 bridgehead atoms. The molecule has 0 aliphatic heterocycles. The molecule has 0 saturated heterocycles. The van der Waals surface area contributed by atoms with Crippen LogP contribution < -0.4 is 0 Å². The van der Waals surface area contributed by atoms with E-state index in [4.69, 9.17) is 14.2 Å². The van der Waals surface area contributed by atoms with E-state index < -0.39 is 0 Å². The van der Waals surface area contributed by atoms with Gasteiger partial charge in [0.2, 0.25) is 0 Å². The third-order valence-corrected chi connectivity index (χ3v) is 3.40. The maximum absolute atomic E-state index is 6.27. The van der Waals surface area contributed by atoms with Gasteiger partial charge in [-0.3, -0.25) is 0 Å². The van der Waals surface area contributed by atoms with Crippen molar-refractivity contribution in [3.63, 3.8) is 0 Å². The standard InChI is InChI=1S/C17H32O3/c1-12-9-10-13(11-19-16(2,3)4)15(14(12)18-8)20-17(5,6)7/h9-10,12-15H,11H2,1-8H3/t12-,13-,14+,15+/m1/s1. The highest BCUT2D eigenvalue weighted by Crippen LogP contribution is 2.31. The normalized spacial score (nSPS) is 31.6. The summed E-state index contributed by atoms with van der Waals surface area (Å²) in [6.07, 6.45) is 4.55. The van der Waals surface area contributed by atoms with Crippen LogP contribution in [0, 0.1) is 11.8 Å². The Kier molecular flexibility index (Phi) is 5.82. The minimum atomic E-state index is -0.188. The molecule has 4 atom stereocenters. The molecule has 1 aliphatic carbocycles. The molecule has 0 heterocycles. The highest BCUT2D eigenvalue weighted by atomic mass is 16.6. The topological polar surface area (TPSA) is 27.7 Å². The molecule has 0 radical (unpaired) electrons. The van der Waals surface area contributed by atoms with Crippen LogP contribution in [0.15, 0.2) is 12.2 Å². The summed E-state index contributed by atoms with van der Waals surface area (Å²) in [5, 5.41) is 0. The van der Waals surface area contributed by atoms with Crippen LogP contribution in [-0.2, 0) is 14.2 Å². The Bertz CT molecular complexity index is 322. The first-order valence-corrected chi connectivity index (χ1v) is 7.56. The Morgan fingerprint density at radius 3 is 1.95 bits per heavy atom. The Morgan fingerprint density at radius 1 is 0.900 bits per heavy atom. The minimum absolute atomic E-state index is 0.0300. The van der Waals surface area contributed by atoms with Crippen molar-refractivity contribution in [2.45, 2.75) is 71.9 Å². The van der Waals surface area contributed by atoms with Crippen molar-refractivity contribution < 1.29 is 14.2 Å². The smallest absolute Gasteiger partial charge is 0.0933 e. The third kappa shape index (κ3) is 5.55. The van der Waals surface area contributed by atoms with Gasteiger partial charge in [-0.1, -0.05) is 19.1 Å². The van der Waals surface area contributed by atoms with Crippen molar-refractivity contribution in [2.24, 2.45) is 11.8 Å². The number of hydrogen-bond donors (Lipinski definition) is 0. The average Bonchev–Trinajstić information content (AvgIpc) is 2.25. The summed E-state index contributed by atoms with van der Waals surface area (Å²) in [6.45, 7) is 15.3. The van der Waals surface area contributed by atoms with Gasteiger partial charge in [0.05, 0.1) is 30.0 Å². The van der Waals surface area contributed by atoms with Crippen LogP contribution in [0.4, 0.5) is 0 Å². The molecule has 0 fully saturated rings. The summed E-state index contributed by atoms with van der Waals surface area (Å²) in [5.41, 5.74) is -0.321. The lowest BCUT2D eigenvalue weighted by atomic mass is 9.84. The van der Waals surface area contributed by atoms with Gasteiger partial charge in [0, 0.05) is 18.9 Å². The van der Waals surface area contributed by atoms with Crippen molar-refractivity contribution in [3.05, 3.63) is 12.2 Å². The second kappa shape index (κ2) is 6.59. The Morgan fingerprint density at radius 2 is 1.50 bits per heavy atom. The van der Waals surface area contributed by atoms with Crippen molar-refractivity contribution in [2.75, 3.05) is 13.7 Å². The molecule has 0 saturated carbocycles. The molecular weight excluding hydrogens is 252 g/mol. The molecule has 1 rings (SSSR count). The summed E-state index contributed by atoms with van der Waals surface area (Å²) in [4.78, 5) is 0. The molecule has 1 aliphatic rings. The van der Waals surface area contributed by atoms with Gasteiger partial charge >= 0.3 is 0 Å². The summed E-state index contributed by atoms with van der Waals surface area (Å²) >= 11 is 0. The van der Waals surface area contributed by atoms with Gasteiger partial charge in [-0.2, -0.15) is 0 Å². The van der Waals surface area contributed by atoms with Crippen molar-refractivity contribution >= 4 is 0 Å². The monoisotopic (exact) mass is 284 g/mol. The van der Waals surface area contributed by atoms with E-state index >= 15 is 0 Å². The Hall–Kier alpha value is -0.380. The zero-order valence-corrected chi connectivity index (χ0v) is 14.4. The molecule has 0 spiro atoms. The molecular formula is C17H32O3. The molecule has 20 heavy (non-hydrogen) atoms. The fourth-order valence-electron chi connectivity index (χ4n) is 2.49. The van der Waals surface area contributed by atoms with E-state index in [1.165, 1.54) is 0 Å². The van der Waals surface area contributed by atoms with Crippen molar-refractivity contribution in [1.29, 1.82) is 0 Å². The van der Waals surface area contributed by atoms with Gasteiger partial charge in [0.1, 0.15) is 0 Å². The highest BCUT2D eigenvalue weighted by Gasteiger charge is 2.38. The Labute approximate surface area is 124 Å². The van der Waals surface area contributed by atoms with E-state index in [0.717, 1.165) is 0 Å². The van der Waals surface area contributed by atoms with Crippen LogP contribution >= 0.6 is 0 Å². The van der Waals surface area contributed by atoms with Crippen molar-refractivity contribution in [3.8, 4) is 0 Å². The molecule has 3 heteroatoms. The lowest BCUT2D eigenvalue weighted by Gasteiger charge is -2.41. The molecule has 0 aromatic carbocycles. The molecule has 0 aromatic rings. The fourth-order valence-corrected chi connectivity index (χ4v) is 2.49. The predicted octanol–water partition coefficient (Wildman–Crippen LogP) is 3.82. The SMILES string of the molecule is CO[C@@H]1[C@@H](OC(C)(C)C)[C@@H](COC(C)(C)C)C=C[C@H]1C. The molecule has 0 aromatic heterocycles. The van der Waals surface area contributed by atoms with E-state index in [1.54, 1.807) is 7.11 Å².